The number of aromatic nitrogens is 4. The average Bonchev–Trinajstić information content (AvgIpc) is 3.06. The summed E-state index contributed by atoms with van der Waals surface area (Å²) in [6.45, 7) is 0.0799. The molecule has 3 aromatic rings. The van der Waals surface area contributed by atoms with Gasteiger partial charge in [-0.15, -0.1) is 0 Å². The number of hydrogen-bond acceptors (Lipinski definition) is 3. The molecule has 2 aromatic heterocycles. The first-order valence-corrected chi connectivity index (χ1v) is 8.56. The molecule has 0 unspecified atom stereocenters. The molecule has 0 aliphatic rings. The summed E-state index contributed by atoms with van der Waals surface area (Å²) in [6, 6.07) is 4.43. The van der Waals surface area contributed by atoms with Gasteiger partial charge in [-0.05, 0) is 28.1 Å². The molecule has 0 saturated carbocycles. The van der Waals surface area contributed by atoms with E-state index in [9.17, 15) is 9.18 Å². The summed E-state index contributed by atoms with van der Waals surface area (Å²) < 4.78 is 17.3. The SMILES string of the molecule is Cn1ncc(Br)c1C(=O)Nc1nn(Cc2c(F)cccc2Cl)cc1Cl. The van der Waals surface area contributed by atoms with E-state index in [1.165, 1.54) is 33.9 Å². The molecule has 1 N–H and O–H groups in total. The molecule has 0 atom stereocenters. The molecular formula is C15H11BrCl2FN5O. The molecule has 0 aliphatic carbocycles. The van der Waals surface area contributed by atoms with E-state index in [2.05, 4.69) is 31.4 Å². The van der Waals surface area contributed by atoms with Crippen LogP contribution in [0.3, 0.4) is 0 Å². The number of aryl methyl sites for hydroxylation is 1. The first-order valence-electron chi connectivity index (χ1n) is 7.01. The highest BCUT2D eigenvalue weighted by Gasteiger charge is 2.19. The Labute approximate surface area is 160 Å². The Morgan fingerprint density at radius 1 is 1.36 bits per heavy atom. The fourth-order valence-corrected chi connectivity index (χ4v) is 3.19. The van der Waals surface area contributed by atoms with Gasteiger partial charge in [0.1, 0.15) is 16.5 Å². The Balaban J connectivity index is 1.82. The summed E-state index contributed by atoms with van der Waals surface area (Å²) in [5.41, 5.74) is 0.610. The summed E-state index contributed by atoms with van der Waals surface area (Å²) in [5.74, 6) is -0.710. The minimum Gasteiger partial charge on any atom is -0.302 e. The maximum Gasteiger partial charge on any atom is 0.276 e. The Bertz CT molecular complexity index is 916. The van der Waals surface area contributed by atoms with Crippen LogP contribution in [0.4, 0.5) is 10.2 Å². The van der Waals surface area contributed by atoms with Crippen molar-refractivity contribution in [1.29, 1.82) is 0 Å². The van der Waals surface area contributed by atoms with Gasteiger partial charge in [-0.1, -0.05) is 29.3 Å². The second kappa shape index (κ2) is 7.15. The summed E-state index contributed by atoms with van der Waals surface area (Å²) in [5, 5.41) is 11.3. The zero-order chi connectivity index (χ0) is 18.1. The maximum absolute atomic E-state index is 13.9. The van der Waals surface area contributed by atoms with E-state index in [1.807, 2.05) is 0 Å². The van der Waals surface area contributed by atoms with Crippen molar-refractivity contribution < 1.29 is 9.18 Å². The average molecular weight is 447 g/mol. The van der Waals surface area contributed by atoms with E-state index in [0.717, 1.165) is 0 Å². The van der Waals surface area contributed by atoms with E-state index in [-0.39, 0.29) is 28.0 Å². The van der Waals surface area contributed by atoms with Gasteiger partial charge in [0.05, 0.1) is 17.2 Å². The quantitative estimate of drug-likeness (QED) is 0.655. The zero-order valence-electron chi connectivity index (χ0n) is 12.8. The van der Waals surface area contributed by atoms with Gasteiger partial charge in [0, 0.05) is 23.8 Å². The third-order valence-corrected chi connectivity index (χ3v) is 4.65. The van der Waals surface area contributed by atoms with Crippen molar-refractivity contribution in [2.75, 3.05) is 5.32 Å². The minimum absolute atomic E-state index is 0.0799. The van der Waals surface area contributed by atoms with E-state index >= 15 is 0 Å². The van der Waals surface area contributed by atoms with Gasteiger partial charge in [0.25, 0.3) is 5.91 Å². The number of nitrogens with one attached hydrogen (secondary N) is 1. The Kier molecular flexibility index (Phi) is 5.12. The first kappa shape index (κ1) is 17.9. The fraction of sp³-hybridized carbons (Fsp3) is 0.133. The van der Waals surface area contributed by atoms with Crippen LogP contribution in [0, 0.1) is 5.82 Å². The summed E-state index contributed by atoms with van der Waals surface area (Å²) in [4.78, 5) is 12.4. The van der Waals surface area contributed by atoms with Crippen LogP contribution >= 0.6 is 39.1 Å². The molecule has 2 heterocycles. The molecule has 25 heavy (non-hydrogen) atoms. The minimum atomic E-state index is -0.441. The smallest absolute Gasteiger partial charge is 0.276 e. The van der Waals surface area contributed by atoms with Crippen LogP contribution in [0.25, 0.3) is 0 Å². The molecule has 3 rings (SSSR count). The molecule has 0 aliphatic heterocycles. The zero-order valence-corrected chi connectivity index (χ0v) is 15.9. The lowest BCUT2D eigenvalue weighted by atomic mass is 10.2. The van der Waals surface area contributed by atoms with Gasteiger partial charge in [-0.3, -0.25) is 14.2 Å². The number of rotatable bonds is 4. The molecule has 1 aromatic carbocycles. The van der Waals surface area contributed by atoms with Crippen LogP contribution in [-0.2, 0) is 13.6 Å². The van der Waals surface area contributed by atoms with Crippen molar-refractivity contribution in [3.05, 3.63) is 62.2 Å². The highest BCUT2D eigenvalue weighted by molar-refractivity contribution is 9.10. The molecule has 0 fully saturated rings. The van der Waals surface area contributed by atoms with E-state index in [0.29, 0.717) is 10.2 Å². The summed E-state index contributed by atoms with van der Waals surface area (Å²) >= 11 is 15.4. The predicted molar refractivity (Wildman–Crippen MR) is 96.6 cm³/mol. The van der Waals surface area contributed by atoms with Crippen LogP contribution in [0.15, 0.2) is 35.1 Å². The normalized spacial score (nSPS) is 10.9. The molecule has 0 saturated heterocycles. The Morgan fingerprint density at radius 3 is 2.76 bits per heavy atom. The van der Waals surface area contributed by atoms with Crippen LogP contribution in [0.2, 0.25) is 10.0 Å². The van der Waals surface area contributed by atoms with Gasteiger partial charge in [-0.25, -0.2) is 4.39 Å². The predicted octanol–water partition coefficient (Wildman–Crippen LogP) is 4.13. The molecule has 1 amide bonds. The van der Waals surface area contributed by atoms with Crippen LogP contribution in [-0.4, -0.2) is 25.5 Å². The van der Waals surface area contributed by atoms with Crippen molar-refractivity contribution in [3.8, 4) is 0 Å². The highest BCUT2D eigenvalue weighted by Crippen LogP contribution is 2.25. The number of nitrogens with zero attached hydrogens (tertiary/aromatic N) is 4. The van der Waals surface area contributed by atoms with Gasteiger partial charge >= 0.3 is 0 Å². The topological polar surface area (TPSA) is 64.7 Å². The Morgan fingerprint density at radius 2 is 2.12 bits per heavy atom. The van der Waals surface area contributed by atoms with Crippen molar-refractivity contribution in [3.63, 3.8) is 0 Å². The van der Waals surface area contributed by atoms with Crippen molar-refractivity contribution >= 4 is 50.9 Å². The van der Waals surface area contributed by atoms with Gasteiger partial charge in [0.2, 0.25) is 0 Å². The largest absolute Gasteiger partial charge is 0.302 e. The number of amides is 1. The Hall–Kier alpha value is -1.90. The first-order chi connectivity index (χ1) is 11.9. The standard InChI is InChI=1S/C15H11BrCl2FN5O/c1-23-13(9(16)5-20-23)15(25)21-14-11(18)7-24(22-14)6-8-10(17)3-2-4-12(8)19/h2-5,7H,6H2,1H3,(H,21,22,25). The molecular weight excluding hydrogens is 436 g/mol. The van der Waals surface area contributed by atoms with Crippen molar-refractivity contribution in [1.82, 2.24) is 19.6 Å². The molecule has 6 nitrogen and oxygen atoms in total. The van der Waals surface area contributed by atoms with Crippen LogP contribution < -0.4 is 5.32 Å². The van der Waals surface area contributed by atoms with Crippen molar-refractivity contribution in [2.24, 2.45) is 7.05 Å². The summed E-state index contributed by atoms with van der Waals surface area (Å²) in [7, 11) is 1.64. The second-order valence-corrected chi connectivity index (χ2v) is 6.81. The van der Waals surface area contributed by atoms with E-state index < -0.39 is 11.7 Å². The molecule has 130 valence electrons. The van der Waals surface area contributed by atoms with Gasteiger partial charge in [-0.2, -0.15) is 10.2 Å². The van der Waals surface area contributed by atoms with Crippen LogP contribution in [0.1, 0.15) is 16.1 Å². The molecule has 0 spiro atoms. The second-order valence-electron chi connectivity index (χ2n) is 5.14. The number of hydrogen-bond donors (Lipinski definition) is 1. The maximum atomic E-state index is 13.9. The van der Waals surface area contributed by atoms with Gasteiger partial charge in [0.15, 0.2) is 5.82 Å². The number of carbonyl (C=O) groups excluding carboxylic acids is 1. The number of halogens is 4. The lowest BCUT2D eigenvalue weighted by molar-refractivity contribution is 0.101. The van der Waals surface area contributed by atoms with Crippen LogP contribution in [0.5, 0.6) is 0 Å². The van der Waals surface area contributed by atoms with Gasteiger partial charge < -0.3 is 5.32 Å². The fourth-order valence-electron chi connectivity index (χ4n) is 2.24. The van der Waals surface area contributed by atoms with Crippen molar-refractivity contribution in [2.45, 2.75) is 6.54 Å². The number of carbonyl (C=O) groups is 1. The summed E-state index contributed by atoms with van der Waals surface area (Å²) in [6.07, 6.45) is 2.99. The highest BCUT2D eigenvalue weighted by atomic mass is 79.9. The lowest BCUT2D eigenvalue weighted by Gasteiger charge is -2.06. The number of anilines is 1. The number of benzene rings is 1. The lowest BCUT2D eigenvalue weighted by Crippen LogP contribution is -2.17. The van der Waals surface area contributed by atoms with E-state index in [4.69, 9.17) is 23.2 Å². The monoisotopic (exact) mass is 445 g/mol. The third-order valence-electron chi connectivity index (χ3n) is 3.44. The molecule has 0 radical (unpaired) electrons. The third kappa shape index (κ3) is 3.70. The molecule has 0 bridgehead atoms. The molecule has 10 heteroatoms. The van der Waals surface area contributed by atoms with E-state index in [1.54, 1.807) is 13.1 Å².